The standard InChI is InChI=1S/C23H34O3/c1-14(24)19-7-8-20-18-6-5-16-13-17(26-15(2)25)9-11-22(16,3)21(18)10-12-23(19,20)4/h5,17-21H,6-13H2,1-4H3/t17?,18?,19?,20?,21?,22?,23-/m1/s1. The number of Topliss-reactive ketones (excluding diaryl/α,β-unsaturated/α-hetero) is 1. The lowest BCUT2D eigenvalue weighted by Crippen LogP contribution is -2.51. The summed E-state index contributed by atoms with van der Waals surface area (Å²) < 4.78 is 5.53. The number of carbonyl (C=O) groups excluding carboxylic acids is 2. The van der Waals surface area contributed by atoms with E-state index in [1.54, 1.807) is 12.5 Å². The lowest BCUT2D eigenvalue weighted by atomic mass is 9.47. The van der Waals surface area contributed by atoms with E-state index in [1.807, 2.05) is 0 Å². The number of hydrogen-bond acceptors (Lipinski definition) is 3. The van der Waals surface area contributed by atoms with Gasteiger partial charge in [0.05, 0.1) is 0 Å². The molecule has 0 saturated heterocycles. The molecule has 144 valence electrons. The number of ketones is 1. The van der Waals surface area contributed by atoms with E-state index in [0.717, 1.165) is 43.9 Å². The molecule has 3 heteroatoms. The van der Waals surface area contributed by atoms with Crippen molar-refractivity contribution < 1.29 is 14.3 Å². The third-order valence-electron chi connectivity index (χ3n) is 8.88. The summed E-state index contributed by atoms with van der Waals surface area (Å²) in [7, 11) is 0. The van der Waals surface area contributed by atoms with Crippen molar-refractivity contribution in [3.63, 3.8) is 0 Å². The molecule has 4 rings (SSSR count). The van der Waals surface area contributed by atoms with Gasteiger partial charge in [-0.3, -0.25) is 9.59 Å². The third kappa shape index (κ3) is 2.60. The molecule has 4 aliphatic carbocycles. The van der Waals surface area contributed by atoms with Crippen molar-refractivity contribution >= 4 is 11.8 Å². The van der Waals surface area contributed by atoms with Gasteiger partial charge >= 0.3 is 5.97 Å². The molecule has 0 aromatic carbocycles. The number of esters is 1. The Kier molecular flexibility index (Phi) is 4.36. The van der Waals surface area contributed by atoms with Crippen LogP contribution in [0.5, 0.6) is 0 Å². The summed E-state index contributed by atoms with van der Waals surface area (Å²) in [6.45, 7) is 8.21. The Hall–Kier alpha value is -1.12. The quantitative estimate of drug-likeness (QED) is 0.510. The second-order valence-electron chi connectivity index (χ2n) is 10.0. The zero-order chi connectivity index (χ0) is 18.7. The predicted molar refractivity (Wildman–Crippen MR) is 101 cm³/mol. The maximum atomic E-state index is 12.2. The van der Waals surface area contributed by atoms with Crippen molar-refractivity contribution in [1.82, 2.24) is 0 Å². The minimum Gasteiger partial charge on any atom is -0.462 e. The molecule has 0 aromatic heterocycles. The molecule has 3 fully saturated rings. The molecule has 0 aliphatic heterocycles. The van der Waals surface area contributed by atoms with Crippen LogP contribution in [-0.4, -0.2) is 17.9 Å². The average Bonchev–Trinajstić information content (AvgIpc) is 2.92. The van der Waals surface area contributed by atoms with E-state index in [-0.39, 0.29) is 28.8 Å². The van der Waals surface area contributed by atoms with Crippen molar-refractivity contribution in [2.75, 3.05) is 0 Å². The second-order valence-corrected chi connectivity index (χ2v) is 10.0. The Balaban J connectivity index is 1.59. The number of allylic oxidation sites excluding steroid dienone is 1. The summed E-state index contributed by atoms with van der Waals surface area (Å²) in [4.78, 5) is 23.6. The van der Waals surface area contributed by atoms with Gasteiger partial charge in [0.1, 0.15) is 11.9 Å². The molecule has 0 bridgehead atoms. The summed E-state index contributed by atoms with van der Waals surface area (Å²) in [6.07, 6.45) is 11.6. The highest BCUT2D eigenvalue weighted by Crippen LogP contribution is 2.66. The predicted octanol–water partition coefficient (Wildman–Crippen LogP) is 5.09. The Labute approximate surface area is 157 Å². The topological polar surface area (TPSA) is 43.4 Å². The van der Waals surface area contributed by atoms with Crippen LogP contribution in [0.2, 0.25) is 0 Å². The zero-order valence-electron chi connectivity index (χ0n) is 16.8. The van der Waals surface area contributed by atoms with Gasteiger partial charge in [-0.2, -0.15) is 0 Å². The summed E-state index contributed by atoms with van der Waals surface area (Å²) in [6, 6.07) is 0. The molecule has 3 nitrogen and oxygen atoms in total. The molecule has 0 heterocycles. The van der Waals surface area contributed by atoms with Gasteiger partial charge in [-0.05, 0) is 80.5 Å². The lowest BCUT2D eigenvalue weighted by Gasteiger charge is -2.58. The fraction of sp³-hybridized carbons (Fsp3) is 0.826. The van der Waals surface area contributed by atoms with Crippen LogP contribution >= 0.6 is 0 Å². The molecule has 0 N–H and O–H groups in total. The SMILES string of the molecule is CC(=O)OC1CCC2(C)C(=CCC3C2CC[C@]2(C)C(C(C)=O)CCC32)C1. The number of ether oxygens (including phenoxy) is 1. The molecule has 0 amide bonds. The fourth-order valence-electron chi connectivity index (χ4n) is 7.63. The normalized spacial score (nSPS) is 47.2. The van der Waals surface area contributed by atoms with Crippen molar-refractivity contribution in [1.29, 1.82) is 0 Å². The molecule has 0 aromatic rings. The third-order valence-corrected chi connectivity index (χ3v) is 8.88. The molecule has 26 heavy (non-hydrogen) atoms. The first-order chi connectivity index (χ1) is 12.3. The Bertz CT molecular complexity index is 650. The first kappa shape index (κ1) is 18.3. The summed E-state index contributed by atoms with van der Waals surface area (Å²) in [5, 5.41) is 0. The van der Waals surface area contributed by atoms with E-state index < -0.39 is 0 Å². The van der Waals surface area contributed by atoms with Crippen LogP contribution < -0.4 is 0 Å². The van der Waals surface area contributed by atoms with Gasteiger partial charge < -0.3 is 4.74 Å². The van der Waals surface area contributed by atoms with Gasteiger partial charge in [0.15, 0.2) is 0 Å². The molecule has 7 atom stereocenters. The van der Waals surface area contributed by atoms with Crippen LogP contribution in [0.25, 0.3) is 0 Å². The molecule has 3 saturated carbocycles. The molecule has 0 radical (unpaired) electrons. The molecular formula is C23H34O3. The number of fused-ring (bicyclic) bond motifs is 5. The van der Waals surface area contributed by atoms with Crippen molar-refractivity contribution in [3.05, 3.63) is 11.6 Å². The highest BCUT2D eigenvalue weighted by Gasteiger charge is 2.59. The van der Waals surface area contributed by atoms with Crippen LogP contribution in [0.1, 0.15) is 79.1 Å². The van der Waals surface area contributed by atoms with Crippen LogP contribution in [-0.2, 0) is 14.3 Å². The van der Waals surface area contributed by atoms with E-state index in [4.69, 9.17) is 4.74 Å². The molecule has 6 unspecified atom stereocenters. The van der Waals surface area contributed by atoms with Gasteiger partial charge in [-0.25, -0.2) is 0 Å². The number of rotatable bonds is 2. The smallest absolute Gasteiger partial charge is 0.302 e. The average molecular weight is 359 g/mol. The van der Waals surface area contributed by atoms with Crippen molar-refractivity contribution in [3.8, 4) is 0 Å². The monoisotopic (exact) mass is 358 g/mol. The second kappa shape index (κ2) is 6.21. The van der Waals surface area contributed by atoms with Crippen molar-refractivity contribution in [2.45, 2.75) is 85.2 Å². The largest absolute Gasteiger partial charge is 0.462 e. The minimum atomic E-state index is -0.150. The molecular weight excluding hydrogens is 324 g/mol. The van der Waals surface area contributed by atoms with E-state index in [1.165, 1.54) is 26.2 Å². The highest BCUT2D eigenvalue weighted by atomic mass is 16.5. The fourth-order valence-corrected chi connectivity index (χ4v) is 7.63. The van der Waals surface area contributed by atoms with E-state index >= 15 is 0 Å². The Morgan fingerprint density at radius 3 is 2.50 bits per heavy atom. The minimum absolute atomic E-state index is 0.0748. The van der Waals surface area contributed by atoms with Crippen LogP contribution in [0.15, 0.2) is 11.6 Å². The first-order valence-corrected chi connectivity index (χ1v) is 10.6. The van der Waals surface area contributed by atoms with Gasteiger partial charge in [0.2, 0.25) is 0 Å². The first-order valence-electron chi connectivity index (χ1n) is 10.6. The van der Waals surface area contributed by atoms with E-state index in [9.17, 15) is 9.59 Å². The van der Waals surface area contributed by atoms with Gasteiger partial charge in [0, 0.05) is 19.3 Å². The van der Waals surface area contributed by atoms with Crippen LogP contribution in [0, 0.1) is 34.5 Å². The highest BCUT2D eigenvalue weighted by molar-refractivity contribution is 5.79. The van der Waals surface area contributed by atoms with E-state index in [2.05, 4.69) is 19.9 Å². The summed E-state index contributed by atoms with van der Waals surface area (Å²) >= 11 is 0. The van der Waals surface area contributed by atoms with Gasteiger partial charge in [-0.1, -0.05) is 25.5 Å². The Morgan fingerprint density at radius 1 is 1.04 bits per heavy atom. The summed E-state index contributed by atoms with van der Waals surface area (Å²) in [5.74, 6) is 2.72. The number of hydrogen-bond donors (Lipinski definition) is 0. The molecule has 0 spiro atoms. The van der Waals surface area contributed by atoms with Crippen molar-refractivity contribution in [2.24, 2.45) is 34.5 Å². The van der Waals surface area contributed by atoms with Gasteiger partial charge in [-0.15, -0.1) is 0 Å². The maximum absolute atomic E-state index is 12.2. The molecule has 4 aliphatic rings. The Morgan fingerprint density at radius 2 is 1.81 bits per heavy atom. The maximum Gasteiger partial charge on any atom is 0.302 e. The summed E-state index contributed by atoms with van der Waals surface area (Å²) in [5.41, 5.74) is 2.04. The van der Waals surface area contributed by atoms with E-state index in [0.29, 0.717) is 11.7 Å². The number of carbonyl (C=O) groups is 2. The van der Waals surface area contributed by atoms with Gasteiger partial charge in [0.25, 0.3) is 0 Å². The van der Waals surface area contributed by atoms with Crippen LogP contribution in [0.4, 0.5) is 0 Å². The zero-order valence-corrected chi connectivity index (χ0v) is 16.8. The van der Waals surface area contributed by atoms with Crippen LogP contribution in [0.3, 0.4) is 0 Å². The lowest BCUT2D eigenvalue weighted by molar-refractivity contribution is -0.149.